The monoisotopic (exact) mass is 347 g/mol. The molecule has 0 atom stereocenters. The summed E-state index contributed by atoms with van der Waals surface area (Å²) < 4.78 is 5.39. The maximum absolute atomic E-state index is 12.7. The number of methoxy groups -OCH3 is 1. The highest BCUT2D eigenvalue weighted by atomic mass is 35.5. The van der Waals surface area contributed by atoms with Crippen molar-refractivity contribution in [2.45, 2.75) is 31.8 Å². The number of hydrogen-bond acceptors (Lipinski definition) is 4. The Morgan fingerprint density at radius 3 is 2.67 bits per heavy atom. The third-order valence-corrected chi connectivity index (χ3v) is 4.02. The lowest BCUT2D eigenvalue weighted by molar-refractivity contribution is -0.131. The largest absolute Gasteiger partial charge is 0.496 e. The number of para-hydroxylation sites is 1. The van der Waals surface area contributed by atoms with E-state index in [2.05, 4.69) is 4.98 Å². The van der Waals surface area contributed by atoms with E-state index in [0.29, 0.717) is 24.7 Å². The Morgan fingerprint density at radius 1 is 1.29 bits per heavy atom. The van der Waals surface area contributed by atoms with Gasteiger partial charge in [-0.15, -0.1) is 12.4 Å². The van der Waals surface area contributed by atoms with Gasteiger partial charge in [-0.05, 0) is 31.0 Å². The lowest BCUT2D eigenvalue weighted by Gasteiger charge is -2.23. The van der Waals surface area contributed by atoms with Gasteiger partial charge in [0.15, 0.2) is 0 Å². The number of hydrogen-bond donors (Lipinski definition) is 1. The normalized spacial score (nSPS) is 13.0. The van der Waals surface area contributed by atoms with Gasteiger partial charge in [0.2, 0.25) is 5.91 Å². The van der Waals surface area contributed by atoms with Gasteiger partial charge in [0, 0.05) is 23.8 Å². The molecular formula is C18H22ClN3O2. The highest BCUT2D eigenvalue weighted by Crippen LogP contribution is 2.30. The summed E-state index contributed by atoms with van der Waals surface area (Å²) >= 11 is 0. The van der Waals surface area contributed by atoms with Gasteiger partial charge in [0.1, 0.15) is 5.75 Å². The summed E-state index contributed by atoms with van der Waals surface area (Å²) in [5, 5.41) is 0. The van der Waals surface area contributed by atoms with E-state index < -0.39 is 0 Å². The van der Waals surface area contributed by atoms with Gasteiger partial charge >= 0.3 is 0 Å². The molecule has 3 rings (SSSR count). The van der Waals surface area contributed by atoms with Crippen LogP contribution in [0.15, 0.2) is 42.6 Å². The number of carbonyl (C=O) groups is 1. The number of nitrogens with two attached hydrogens (primary N) is 1. The van der Waals surface area contributed by atoms with Gasteiger partial charge in [0.05, 0.1) is 25.4 Å². The first-order valence-corrected chi connectivity index (χ1v) is 7.79. The minimum Gasteiger partial charge on any atom is -0.496 e. The molecule has 1 aromatic carbocycles. The van der Waals surface area contributed by atoms with Crippen molar-refractivity contribution in [3.8, 4) is 5.75 Å². The average molecular weight is 348 g/mol. The first-order valence-electron chi connectivity index (χ1n) is 7.79. The molecule has 5 nitrogen and oxygen atoms in total. The van der Waals surface area contributed by atoms with Gasteiger partial charge in [-0.1, -0.05) is 18.2 Å². The molecule has 1 saturated carbocycles. The minimum absolute atomic E-state index is 0. The van der Waals surface area contributed by atoms with Crippen molar-refractivity contribution in [1.82, 2.24) is 9.88 Å². The molecule has 6 heteroatoms. The van der Waals surface area contributed by atoms with Gasteiger partial charge in [-0.25, -0.2) is 0 Å². The molecule has 2 aromatic rings. The molecule has 1 amide bonds. The summed E-state index contributed by atoms with van der Waals surface area (Å²) in [5.74, 6) is 0.909. The maximum Gasteiger partial charge on any atom is 0.229 e. The molecule has 1 aliphatic carbocycles. The van der Waals surface area contributed by atoms with Crippen LogP contribution in [0.1, 0.15) is 24.1 Å². The van der Waals surface area contributed by atoms with Crippen LogP contribution in [0.2, 0.25) is 0 Å². The Balaban J connectivity index is 0.00000208. The van der Waals surface area contributed by atoms with Crippen LogP contribution >= 0.6 is 12.4 Å². The molecular weight excluding hydrogens is 326 g/mol. The van der Waals surface area contributed by atoms with Gasteiger partial charge in [0.25, 0.3) is 0 Å². The predicted octanol–water partition coefficient (Wildman–Crippen LogP) is 2.83. The molecule has 0 radical (unpaired) electrons. The van der Waals surface area contributed by atoms with E-state index in [0.717, 1.165) is 29.8 Å². The van der Waals surface area contributed by atoms with Crippen molar-refractivity contribution in [3.63, 3.8) is 0 Å². The Bertz CT molecular complexity index is 687. The Hall–Kier alpha value is -2.27. The molecule has 1 aliphatic rings. The second-order valence-electron chi connectivity index (χ2n) is 5.82. The summed E-state index contributed by atoms with van der Waals surface area (Å²) in [6, 6.07) is 11.7. The first-order chi connectivity index (χ1) is 11.2. The third kappa shape index (κ3) is 4.38. The fourth-order valence-electron chi connectivity index (χ4n) is 2.62. The predicted molar refractivity (Wildman–Crippen MR) is 96.2 cm³/mol. The number of carbonyl (C=O) groups excluding carboxylic acids is 1. The number of benzene rings is 1. The van der Waals surface area contributed by atoms with Crippen molar-refractivity contribution in [3.05, 3.63) is 53.9 Å². The number of pyridine rings is 1. The molecule has 1 aromatic heterocycles. The number of halogens is 1. The van der Waals surface area contributed by atoms with E-state index in [4.69, 9.17) is 10.5 Å². The smallest absolute Gasteiger partial charge is 0.229 e. The molecule has 0 aliphatic heterocycles. The standard InChI is InChI=1S/C18H21N3O2.ClH/c1-23-17-5-3-2-4-13(17)12-21(16-8-9-16)18(22)10-15-7-6-14(19)11-20-15;/h2-7,11,16H,8-10,12,19H2,1H3;1H. The summed E-state index contributed by atoms with van der Waals surface area (Å²) in [5.41, 5.74) is 8.02. The molecule has 0 bridgehead atoms. The van der Waals surface area contributed by atoms with Crippen molar-refractivity contribution in [2.24, 2.45) is 0 Å². The van der Waals surface area contributed by atoms with Crippen LogP contribution in [0.3, 0.4) is 0 Å². The Kier molecular flexibility index (Phi) is 6.04. The lowest BCUT2D eigenvalue weighted by atomic mass is 10.1. The fourth-order valence-corrected chi connectivity index (χ4v) is 2.62. The van der Waals surface area contributed by atoms with E-state index in [9.17, 15) is 4.79 Å². The van der Waals surface area contributed by atoms with Crippen molar-refractivity contribution < 1.29 is 9.53 Å². The SMILES string of the molecule is COc1ccccc1CN(C(=O)Cc1ccc(N)cn1)C1CC1.Cl. The molecule has 128 valence electrons. The highest BCUT2D eigenvalue weighted by molar-refractivity contribution is 5.85. The molecule has 2 N–H and O–H groups in total. The van der Waals surface area contributed by atoms with Crippen LogP contribution in [-0.2, 0) is 17.8 Å². The number of nitrogen functional groups attached to an aromatic ring is 1. The average Bonchev–Trinajstić information content (AvgIpc) is 3.39. The quantitative estimate of drug-likeness (QED) is 0.872. The zero-order chi connectivity index (χ0) is 16.2. The van der Waals surface area contributed by atoms with E-state index in [1.165, 1.54) is 0 Å². The highest BCUT2D eigenvalue weighted by Gasteiger charge is 2.33. The van der Waals surface area contributed by atoms with E-state index in [-0.39, 0.29) is 18.3 Å². The van der Waals surface area contributed by atoms with Gasteiger partial charge in [-0.2, -0.15) is 0 Å². The van der Waals surface area contributed by atoms with E-state index >= 15 is 0 Å². The van der Waals surface area contributed by atoms with Gasteiger partial charge < -0.3 is 15.4 Å². The molecule has 0 unspecified atom stereocenters. The lowest BCUT2D eigenvalue weighted by Crippen LogP contribution is -2.34. The zero-order valence-corrected chi connectivity index (χ0v) is 14.5. The van der Waals surface area contributed by atoms with E-state index in [1.807, 2.05) is 29.2 Å². The zero-order valence-electron chi connectivity index (χ0n) is 13.6. The number of anilines is 1. The van der Waals surface area contributed by atoms with Crippen molar-refractivity contribution in [1.29, 1.82) is 0 Å². The number of ether oxygens (including phenoxy) is 1. The molecule has 1 fully saturated rings. The summed E-state index contributed by atoms with van der Waals surface area (Å²) in [6.07, 6.45) is 4.02. The Labute approximate surface area is 148 Å². The van der Waals surface area contributed by atoms with Crippen LogP contribution in [0.25, 0.3) is 0 Å². The third-order valence-electron chi connectivity index (χ3n) is 4.02. The molecule has 1 heterocycles. The number of amides is 1. The van der Waals surface area contributed by atoms with Crippen molar-refractivity contribution >= 4 is 24.0 Å². The Morgan fingerprint density at radius 2 is 2.04 bits per heavy atom. The van der Waals surface area contributed by atoms with Crippen molar-refractivity contribution in [2.75, 3.05) is 12.8 Å². The summed E-state index contributed by atoms with van der Waals surface area (Å²) in [6.45, 7) is 0.572. The van der Waals surface area contributed by atoms with Crippen LogP contribution in [0, 0.1) is 0 Å². The maximum atomic E-state index is 12.7. The second-order valence-corrected chi connectivity index (χ2v) is 5.82. The summed E-state index contributed by atoms with van der Waals surface area (Å²) in [7, 11) is 1.65. The second kappa shape index (κ2) is 8.02. The topological polar surface area (TPSA) is 68.5 Å². The van der Waals surface area contributed by atoms with Gasteiger partial charge in [-0.3, -0.25) is 9.78 Å². The minimum atomic E-state index is 0. The van der Waals surface area contributed by atoms with Crippen LogP contribution in [0.5, 0.6) is 5.75 Å². The number of rotatable bonds is 6. The van der Waals surface area contributed by atoms with E-state index in [1.54, 1.807) is 25.4 Å². The molecule has 24 heavy (non-hydrogen) atoms. The number of aromatic nitrogens is 1. The fraction of sp³-hybridized carbons (Fsp3) is 0.333. The van der Waals surface area contributed by atoms with Crippen LogP contribution < -0.4 is 10.5 Å². The first kappa shape index (κ1) is 18.1. The molecule has 0 saturated heterocycles. The molecule has 0 spiro atoms. The van der Waals surface area contributed by atoms with Crippen LogP contribution in [0.4, 0.5) is 5.69 Å². The van der Waals surface area contributed by atoms with Crippen LogP contribution in [-0.4, -0.2) is 28.9 Å². The number of nitrogens with zero attached hydrogens (tertiary/aromatic N) is 2. The summed E-state index contributed by atoms with van der Waals surface area (Å²) in [4.78, 5) is 18.9.